The van der Waals surface area contributed by atoms with Gasteiger partial charge in [-0.25, -0.2) is 15.0 Å². The second-order valence-electron chi connectivity index (χ2n) is 12.8. The molecule has 0 aliphatic carbocycles. The van der Waals surface area contributed by atoms with E-state index in [1.54, 1.807) is 0 Å². The van der Waals surface area contributed by atoms with Crippen molar-refractivity contribution in [3.05, 3.63) is 176 Å². The molecule has 0 aliphatic heterocycles. The molecule has 10 rings (SSSR count). The summed E-state index contributed by atoms with van der Waals surface area (Å²) in [6.07, 6.45) is 0. The van der Waals surface area contributed by atoms with Gasteiger partial charge in [-0.3, -0.25) is 0 Å². The van der Waals surface area contributed by atoms with Gasteiger partial charge in [0.05, 0.1) is 5.56 Å². The van der Waals surface area contributed by atoms with Crippen molar-refractivity contribution in [1.29, 1.82) is 0 Å². The van der Waals surface area contributed by atoms with E-state index >= 15 is 0 Å². The van der Waals surface area contributed by atoms with Crippen LogP contribution in [0.2, 0.25) is 0 Å². The summed E-state index contributed by atoms with van der Waals surface area (Å²) in [6.45, 7) is 0. The standard InChI is InChI=1S/C47H29N3O/c1-3-13-30(14-4-1)34-27-35(31-15-5-2-6-16-31)29-36(28-34)45-48-46(40-22-11-18-33-26-25-32-17-7-8-19-37(32)43(33)40)50-47(49-45)41-23-12-21-39-38-20-9-10-24-42(38)51-44(39)41/h1-29H. The Bertz CT molecular complexity index is 2860. The second-order valence-corrected chi connectivity index (χ2v) is 12.8. The van der Waals surface area contributed by atoms with Crippen molar-refractivity contribution >= 4 is 43.5 Å². The molecule has 0 aliphatic rings. The van der Waals surface area contributed by atoms with Gasteiger partial charge < -0.3 is 4.42 Å². The zero-order valence-corrected chi connectivity index (χ0v) is 27.5. The van der Waals surface area contributed by atoms with Crippen LogP contribution >= 0.6 is 0 Å². The Morgan fingerprint density at radius 3 is 1.63 bits per heavy atom. The molecule has 0 fully saturated rings. The fraction of sp³-hybridized carbons (Fsp3) is 0. The molecule has 238 valence electrons. The molecule has 4 heteroatoms. The zero-order valence-electron chi connectivity index (χ0n) is 27.5. The summed E-state index contributed by atoms with van der Waals surface area (Å²) in [5.41, 5.74) is 8.69. The number of fused-ring (bicyclic) bond motifs is 6. The predicted molar refractivity (Wildman–Crippen MR) is 209 cm³/mol. The van der Waals surface area contributed by atoms with Crippen molar-refractivity contribution in [2.24, 2.45) is 0 Å². The first kappa shape index (κ1) is 29.0. The lowest BCUT2D eigenvalue weighted by molar-refractivity contribution is 0.669. The van der Waals surface area contributed by atoms with E-state index < -0.39 is 0 Å². The van der Waals surface area contributed by atoms with E-state index in [9.17, 15) is 0 Å². The van der Waals surface area contributed by atoms with Gasteiger partial charge in [-0.05, 0) is 68.7 Å². The van der Waals surface area contributed by atoms with Crippen molar-refractivity contribution in [1.82, 2.24) is 15.0 Å². The third kappa shape index (κ3) is 5.04. The van der Waals surface area contributed by atoms with E-state index in [-0.39, 0.29) is 0 Å². The number of para-hydroxylation sites is 2. The average molecular weight is 652 g/mol. The molecule has 0 unspecified atom stereocenters. The lowest BCUT2D eigenvalue weighted by Crippen LogP contribution is -2.01. The summed E-state index contributed by atoms with van der Waals surface area (Å²) in [6, 6.07) is 61.1. The van der Waals surface area contributed by atoms with Crippen LogP contribution in [-0.4, -0.2) is 15.0 Å². The normalized spacial score (nSPS) is 11.5. The van der Waals surface area contributed by atoms with Gasteiger partial charge in [0, 0.05) is 27.3 Å². The Morgan fingerprint density at radius 2 is 0.863 bits per heavy atom. The molecule has 10 aromatic rings. The van der Waals surface area contributed by atoms with Gasteiger partial charge in [-0.2, -0.15) is 0 Å². The first-order chi connectivity index (χ1) is 25.3. The minimum atomic E-state index is 0.559. The highest BCUT2D eigenvalue weighted by atomic mass is 16.3. The molecule has 4 nitrogen and oxygen atoms in total. The SMILES string of the molecule is c1ccc(-c2cc(-c3ccccc3)cc(-c3nc(-c4cccc5c4oc4ccccc45)nc(-c4cccc5ccc6ccccc6c45)n3)c2)cc1. The van der Waals surface area contributed by atoms with Crippen LogP contribution in [0, 0.1) is 0 Å². The number of benzene rings is 8. The van der Waals surface area contributed by atoms with E-state index in [1.807, 2.05) is 36.4 Å². The molecule has 0 bridgehead atoms. The summed E-state index contributed by atoms with van der Waals surface area (Å²) in [5.74, 6) is 1.76. The minimum Gasteiger partial charge on any atom is -0.455 e. The molecule has 0 atom stereocenters. The lowest BCUT2D eigenvalue weighted by atomic mass is 9.95. The van der Waals surface area contributed by atoms with Crippen molar-refractivity contribution in [2.45, 2.75) is 0 Å². The third-order valence-electron chi connectivity index (χ3n) is 9.70. The molecule has 0 N–H and O–H groups in total. The van der Waals surface area contributed by atoms with E-state index in [4.69, 9.17) is 19.4 Å². The van der Waals surface area contributed by atoms with E-state index in [0.717, 1.165) is 77.0 Å². The van der Waals surface area contributed by atoms with Gasteiger partial charge in [0.15, 0.2) is 17.5 Å². The van der Waals surface area contributed by atoms with E-state index in [1.165, 1.54) is 5.39 Å². The largest absolute Gasteiger partial charge is 0.455 e. The van der Waals surface area contributed by atoms with Gasteiger partial charge in [0.25, 0.3) is 0 Å². The van der Waals surface area contributed by atoms with Crippen LogP contribution in [0.1, 0.15) is 0 Å². The van der Waals surface area contributed by atoms with Crippen LogP contribution in [0.4, 0.5) is 0 Å². The maximum atomic E-state index is 6.51. The number of aromatic nitrogens is 3. The fourth-order valence-electron chi connectivity index (χ4n) is 7.27. The van der Waals surface area contributed by atoms with Gasteiger partial charge in [0.2, 0.25) is 0 Å². The van der Waals surface area contributed by atoms with Crippen molar-refractivity contribution in [3.63, 3.8) is 0 Å². The van der Waals surface area contributed by atoms with Crippen LogP contribution < -0.4 is 0 Å². The number of hydrogen-bond acceptors (Lipinski definition) is 4. The van der Waals surface area contributed by atoms with Crippen LogP contribution in [0.3, 0.4) is 0 Å². The smallest absolute Gasteiger partial charge is 0.167 e. The van der Waals surface area contributed by atoms with Gasteiger partial charge in [-0.1, -0.05) is 146 Å². The number of furan rings is 1. The van der Waals surface area contributed by atoms with E-state index in [2.05, 4.69) is 140 Å². The minimum absolute atomic E-state index is 0.559. The fourth-order valence-corrected chi connectivity index (χ4v) is 7.27. The van der Waals surface area contributed by atoms with Crippen molar-refractivity contribution in [2.75, 3.05) is 0 Å². The highest BCUT2D eigenvalue weighted by Gasteiger charge is 2.20. The number of hydrogen-bond donors (Lipinski definition) is 0. The highest BCUT2D eigenvalue weighted by Crippen LogP contribution is 2.39. The molecule has 2 aromatic heterocycles. The first-order valence-corrected chi connectivity index (χ1v) is 17.1. The second kappa shape index (κ2) is 11.9. The molecule has 0 saturated carbocycles. The molecule has 2 heterocycles. The van der Waals surface area contributed by atoms with Crippen LogP contribution in [0.5, 0.6) is 0 Å². The quantitative estimate of drug-likeness (QED) is 0.174. The summed E-state index contributed by atoms with van der Waals surface area (Å²) < 4.78 is 6.51. The molecule has 0 radical (unpaired) electrons. The van der Waals surface area contributed by atoms with Crippen molar-refractivity contribution in [3.8, 4) is 56.4 Å². The Kier molecular flexibility index (Phi) is 6.78. The zero-order chi connectivity index (χ0) is 33.7. The van der Waals surface area contributed by atoms with Crippen LogP contribution in [0.25, 0.3) is 99.9 Å². The average Bonchev–Trinajstić information content (AvgIpc) is 3.60. The van der Waals surface area contributed by atoms with Gasteiger partial charge >= 0.3 is 0 Å². The van der Waals surface area contributed by atoms with Crippen molar-refractivity contribution < 1.29 is 4.42 Å². The van der Waals surface area contributed by atoms with Gasteiger partial charge in [0.1, 0.15) is 11.2 Å². The van der Waals surface area contributed by atoms with Gasteiger partial charge in [-0.15, -0.1) is 0 Å². The number of nitrogens with zero attached hydrogens (tertiary/aromatic N) is 3. The molecule has 8 aromatic carbocycles. The molecule has 0 amide bonds. The number of rotatable bonds is 5. The molecule has 51 heavy (non-hydrogen) atoms. The summed E-state index contributed by atoms with van der Waals surface area (Å²) >= 11 is 0. The summed E-state index contributed by atoms with van der Waals surface area (Å²) in [7, 11) is 0. The predicted octanol–water partition coefficient (Wildman–Crippen LogP) is 12.4. The molecular formula is C47H29N3O. The molecule has 0 saturated heterocycles. The molecule has 0 spiro atoms. The van der Waals surface area contributed by atoms with Crippen LogP contribution in [0.15, 0.2) is 180 Å². The maximum absolute atomic E-state index is 6.51. The Labute approximate surface area is 294 Å². The third-order valence-corrected chi connectivity index (χ3v) is 9.70. The maximum Gasteiger partial charge on any atom is 0.167 e. The molecular weight excluding hydrogens is 623 g/mol. The Hall–Kier alpha value is -6.91. The van der Waals surface area contributed by atoms with E-state index in [0.29, 0.717) is 17.5 Å². The van der Waals surface area contributed by atoms with Crippen LogP contribution in [-0.2, 0) is 0 Å². The summed E-state index contributed by atoms with van der Waals surface area (Å²) in [5, 5.41) is 6.66. The Morgan fingerprint density at radius 1 is 0.333 bits per heavy atom. The summed E-state index contributed by atoms with van der Waals surface area (Å²) in [4.78, 5) is 15.8. The first-order valence-electron chi connectivity index (χ1n) is 17.1. The lowest BCUT2D eigenvalue weighted by Gasteiger charge is -2.14. The Balaban J connectivity index is 1.28. The monoisotopic (exact) mass is 651 g/mol. The topological polar surface area (TPSA) is 51.8 Å². The highest BCUT2D eigenvalue weighted by molar-refractivity contribution is 6.14.